The summed E-state index contributed by atoms with van der Waals surface area (Å²) in [5.41, 5.74) is 0. The topological polar surface area (TPSA) is 91.3 Å². The first kappa shape index (κ1) is 38.2. The fourth-order valence-corrected chi connectivity index (χ4v) is 9.84. The van der Waals surface area contributed by atoms with Gasteiger partial charge in [-0.3, -0.25) is 0 Å². The summed E-state index contributed by atoms with van der Waals surface area (Å²) in [6, 6.07) is 2.82. The second kappa shape index (κ2) is 21.9. The number of rotatable bonds is 13. The third-order valence-electron chi connectivity index (χ3n) is 12.9. The first-order valence-electron chi connectivity index (χ1n) is 22.2. The molecule has 6 saturated carbocycles. The van der Waals surface area contributed by atoms with Crippen LogP contribution in [-0.2, 0) is 9.47 Å². The molecule has 8 heteroatoms. The number of hydrogen-bond acceptors (Lipinski definition) is 4. The third-order valence-corrected chi connectivity index (χ3v) is 12.9. The molecule has 0 aromatic carbocycles. The largest absolute Gasteiger partial charge is 0.376 e. The molecule has 286 valence electrons. The smallest absolute Gasteiger partial charge is 0.192 e. The molecule has 0 aliphatic heterocycles. The number of hydrogen-bond donors (Lipinski definition) is 4. The Balaban J connectivity index is 0.964. The van der Waals surface area contributed by atoms with Crippen LogP contribution in [0.3, 0.4) is 0 Å². The molecule has 4 atom stereocenters. The van der Waals surface area contributed by atoms with Crippen molar-refractivity contribution < 1.29 is 9.47 Å². The van der Waals surface area contributed by atoms with Crippen molar-refractivity contribution in [1.82, 2.24) is 21.3 Å². The molecule has 8 nitrogen and oxygen atoms in total. The summed E-state index contributed by atoms with van der Waals surface area (Å²) in [4.78, 5) is 10.8. The van der Waals surface area contributed by atoms with Crippen LogP contribution in [0.25, 0.3) is 0 Å². The number of ether oxygens (including phenoxy) is 2. The molecular weight excluding hydrogens is 621 g/mol. The second-order valence-electron chi connectivity index (χ2n) is 17.1. The first-order valence-corrected chi connectivity index (χ1v) is 22.2. The normalized spacial score (nSPS) is 29.5. The van der Waals surface area contributed by atoms with Gasteiger partial charge in [0.2, 0.25) is 0 Å². The van der Waals surface area contributed by atoms with E-state index in [1.54, 1.807) is 0 Å². The Morgan fingerprint density at radius 2 is 0.640 bits per heavy atom. The van der Waals surface area contributed by atoms with Crippen molar-refractivity contribution in [3.05, 3.63) is 0 Å². The summed E-state index contributed by atoms with van der Waals surface area (Å²) in [5, 5.41) is 15.6. The van der Waals surface area contributed by atoms with E-state index in [9.17, 15) is 0 Å². The molecule has 6 rings (SSSR count). The van der Waals surface area contributed by atoms with Gasteiger partial charge < -0.3 is 30.7 Å². The van der Waals surface area contributed by atoms with Gasteiger partial charge in [-0.1, -0.05) is 103 Å². The summed E-state index contributed by atoms with van der Waals surface area (Å²) in [6.45, 7) is 1.63. The van der Waals surface area contributed by atoms with Gasteiger partial charge in [0.25, 0.3) is 0 Å². The molecule has 6 aliphatic rings. The highest BCUT2D eigenvalue weighted by molar-refractivity contribution is 5.81. The molecule has 0 aromatic rings. The van der Waals surface area contributed by atoms with E-state index in [1.807, 2.05) is 0 Å². The third kappa shape index (κ3) is 13.1. The molecule has 6 fully saturated rings. The van der Waals surface area contributed by atoms with Crippen LogP contribution in [0.2, 0.25) is 0 Å². The fourth-order valence-electron chi connectivity index (χ4n) is 9.84. The highest BCUT2D eigenvalue weighted by atomic mass is 16.5. The first-order chi connectivity index (χ1) is 24.8. The lowest BCUT2D eigenvalue weighted by Crippen LogP contribution is -2.49. The van der Waals surface area contributed by atoms with Gasteiger partial charge in [0, 0.05) is 37.4 Å². The average Bonchev–Trinajstić information content (AvgIpc) is 3.16. The van der Waals surface area contributed by atoms with E-state index in [-0.39, 0.29) is 24.3 Å². The van der Waals surface area contributed by atoms with Crippen LogP contribution in [0.1, 0.15) is 193 Å². The molecule has 0 aromatic heterocycles. The average molecular weight is 697 g/mol. The quantitative estimate of drug-likeness (QED) is 0.0874. The monoisotopic (exact) mass is 697 g/mol. The molecule has 0 saturated heterocycles. The molecule has 0 bridgehead atoms. The zero-order valence-corrected chi connectivity index (χ0v) is 32.0. The number of aliphatic imine (C=N–C) groups is 2. The zero-order chi connectivity index (χ0) is 34.1. The van der Waals surface area contributed by atoms with E-state index >= 15 is 0 Å². The van der Waals surface area contributed by atoms with E-state index in [4.69, 9.17) is 19.5 Å². The Kier molecular flexibility index (Phi) is 16.7. The van der Waals surface area contributed by atoms with Crippen LogP contribution in [0.15, 0.2) is 9.98 Å². The van der Waals surface area contributed by atoms with Crippen molar-refractivity contribution >= 4 is 11.9 Å². The van der Waals surface area contributed by atoms with Crippen LogP contribution in [0.5, 0.6) is 0 Å². The van der Waals surface area contributed by atoms with Crippen LogP contribution < -0.4 is 21.3 Å². The molecule has 50 heavy (non-hydrogen) atoms. The highest BCUT2D eigenvalue weighted by Gasteiger charge is 2.29. The van der Waals surface area contributed by atoms with Crippen molar-refractivity contribution in [3.8, 4) is 0 Å². The summed E-state index contributed by atoms with van der Waals surface area (Å²) >= 11 is 0. The Bertz CT molecular complexity index is 861. The zero-order valence-electron chi connectivity index (χ0n) is 32.0. The Hall–Kier alpha value is -1.54. The van der Waals surface area contributed by atoms with Crippen molar-refractivity contribution in [2.75, 3.05) is 13.2 Å². The van der Waals surface area contributed by atoms with Crippen LogP contribution >= 0.6 is 0 Å². The second-order valence-corrected chi connectivity index (χ2v) is 17.1. The maximum Gasteiger partial charge on any atom is 0.192 e. The summed E-state index contributed by atoms with van der Waals surface area (Å²) < 4.78 is 13.3. The van der Waals surface area contributed by atoms with E-state index in [0.29, 0.717) is 24.2 Å². The minimum atomic E-state index is 0.241. The van der Waals surface area contributed by atoms with Gasteiger partial charge in [-0.15, -0.1) is 0 Å². The van der Waals surface area contributed by atoms with Gasteiger partial charge in [0.05, 0.1) is 24.3 Å². The molecule has 0 amide bonds. The predicted octanol–water partition coefficient (Wildman–Crippen LogP) is 8.82. The summed E-state index contributed by atoms with van der Waals surface area (Å²) in [5.74, 6) is 2.15. The van der Waals surface area contributed by atoms with Crippen LogP contribution in [0.4, 0.5) is 0 Å². The number of unbranched alkanes of at least 4 members (excludes halogenated alkanes) is 1. The van der Waals surface area contributed by atoms with Crippen molar-refractivity contribution in [2.45, 2.75) is 241 Å². The van der Waals surface area contributed by atoms with Gasteiger partial charge in [-0.25, -0.2) is 9.98 Å². The van der Waals surface area contributed by atoms with Crippen molar-refractivity contribution in [1.29, 1.82) is 0 Å². The summed E-state index contributed by atoms with van der Waals surface area (Å²) in [7, 11) is 0. The van der Waals surface area contributed by atoms with Crippen molar-refractivity contribution in [2.24, 2.45) is 9.98 Å². The predicted molar refractivity (Wildman–Crippen MR) is 208 cm³/mol. The van der Waals surface area contributed by atoms with Gasteiger partial charge >= 0.3 is 0 Å². The maximum absolute atomic E-state index is 6.63. The van der Waals surface area contributed by atoms with E-state index in [0.717, 1.165) is 63.7 Å². The summed E-state index contributed by atoms with van der Waals surface area (Å²) in [6.07, 6.45) is 38.8. The highest BCUT2D eigenvalue weighted by Crippen LogP contribution is 2.27. The molecule has 4 N–H and O–H groups in total. The number of nitrogens with one attached hydrogen (secondary N) is 4. The van der Waals surface area contributed by atoms with Crippen molar-refractivity contribution in [3.63, 3.8) is 0 Å². The van der Waals surface area contributed by atoms with Gasteiger partial charge in [-0.05, 0) is 89.9 Å². The standard InChI is InChI=1S/C42H76N6O2/c1-5-19-33(20-6-1)43-41(44-34-21-7-2-8-22-34)47-37-27-13-15-29-39(37)49-31-17-18-32-50-40-30-16-14-28-38(40)48-42(45-35-23-9-3-10-24-35)46-36-25-11-4-12-26-36/h33-40H,1-32H2,(H2,43,44,47)(H2,45,46,48). The lowest BCUT2D eigenvalue weighted by molar-refractivity contribution is -0.00381. The minimum absolute atomic E-state index is 0.241. The fraction of sp³-hybridized carbons (Fsp3) is 0.952. The number of nitrogens with zero attached hydrogens (tertiary/aromatic N) is 2. The maximum atomic E-state index is 6.63. The lowest BCUT2D eigenvalue weighted by atomic mass is 9.92. The Labute approximate surface area is 306 Å². The van der Waals surface area contributed by atoms with E-state index < -0.39 is 0 Å². The minimum Gasteiger partial charge on any atom is -0.376 e. The lowest BCUT2D eigenvalue weighted by Gasteiger charge is -2.33. The molecule has 0 spiro atoms. The van der Waals surface area contributed by atoms with Gasteiger partial charge in [-0.2, -0.15) is 0 Å². The Morgan fingerprint density at radius 3 is 0.960 bits per heavy atom. The van der Waals surface area contributed by atoms with E-state index in [1.165, 1.54) is 154 Å². The molecule has 6 aliphatic carbocycles. The van der Waals surface area contributed by atoms with E-state index in [2.05, 4.69) is 21.3 Å². The molecule has 0 radical (unpaired) electrons. The van der Waals surface area contributed by atoms with Crippen LogP contribution in [-0.4, -0.2) is 73.6 Å². The molecule has 4 unspecified atom stereocenters. The number of guanidine groups is 2. The van der Waals surface area contributed by atoms with Gasteiger partial charge in [0.15, 0.2) is 11.9 Å². The van der Waals surface area contributed by atoms with Crippen LogP contribution in [0, 0.1) is 0 Å². The Morgan fingerprint density at radius 1 is 0.360 bits per heavy atom. The SMILES string of the molecule is C1CCC(NC(=NC2CCCCC2OCCCCOC2CCCCC2N=C(NC2CCCCC2)NC2CCCCC2)NC2CCCCC2)CC1. The molecule has 0 heterocycles. The van der Waals surface area contributed by atoms with Gasteiger partial charge in [0.1, 0.15) is 0 Å². The molecular formula is C42H76N6O2.